The molecule has 2 heterocycles. The zero-order valence-electron chi connectivity index (χ0n) is 12.2. The van der Waals surface area contributed by atoms with E-state index in [1.165, 1.54) is 25.5 Å². The van der Waals surface area contributed by atoms with E-state index < -0.39 is 5.91 Å². The van der Waals surface area contributed by atoms with E-state index in [0.717, 1.165) is 25.3 Å². The van der Waals surface area contributed by atoms with Gasteiger partial charge in [0, 0.05) is 19.3 Å². The standard InChI is InChI=1S/C15H22ClN3O/c1-3-5-15(2)6-4-7-19(10-15)14-12(16)8-11(9-18-14)13(17)20/h8-9H,3-7,10H2,1-2H3,(H2,17,20). The smallest absolute Gasteiger partial charge is 0.250 e. The minimum absolute atomic E-state index is 0.320. The van der Waals surface area contributed by atoms with Crippen molar-refractivity contribution in [3.63, 3.8) is 0 Å². The maximum atomic E-state index is 11.1. The average molecular weight is 296 g/mol. The molecule has 110 valence electrons. The fourth-order valence-electron chi connectivity index (χ4n) is 3.10. The molecular weight excluding hydrogens is 274 g/mol. The lowest BCUT2D eigenvalue weighted by Gasteiger charge is -2.41. The fraction of sp³-hybridized carbons (Fsp3) is 0.600. The fourth-order valence-corrected chi connectivity index (χ4v) is 3.39. The topological polar surface area (TPSA) is 59.2 Å². The van der Waals surface area contributed by atoms with Gasteiger partial charge in [0.15, 0.2) is 0 Å². The van der Waals surface area contributed by atoms with Crippen LogP contribution in [0.1, 0.15) is 49.9 Å². The van der Waals surface area contributed by atoms with Crippen LogP contribution in [0.5, 0.6) is 0 Å². The number of nitrogens with zero attached hydrogens (tertiary/aromatic N) is 2. The number of aromatic nitrogens is 1. The second-order valence-electron chi connectivity index (χ2n) is 5.98. The average Bonchev–Trinajstić information content (AvgIpc) is 2.38. The minimum atomic E-state index is -0.500. The van der Waals surface area contributed by atoms with E-state index in [9.17, 15) is 4.79 Å². The molecule has 1 fully saturated rings. The van der Waals surface area contributed by atoms with Gasteiger partial charge >= 0.3 is 0 Å². The third-order valence-electron chi connectivity index (χ3n) is 4.04. The molecule has 1 saturated heterocycles. The lowest BCUT2D eigenvalue weighted by atomic mass is 9.78. The summed E-state index contributed by atoms with van der Waals surface area (Å²) in [6.45, 7) is 6.47. The second-order valence-corrected chi connectivity index (χ2v) is 6.39. The van der Waals surface area contributed by atoms with E-state index in [2.05, 4.69) is 23.7 Å². The molecule has 0 spiro atoms. The van der Waals surface area contributed by atoms with Crippen molar-refractivity contribution in [3.8, 4) is 0 Å². The van der Waals surface area contributed by atoms with Crippen molar-refractivity contribution < 1.29 is 4.79 Å². The lowest BCUT2D eigenvalue weighted by molar-refractivity contribution is 0.1000. The summed E-state index contributed by atoms with van der Waals surface area (Å²) in [5.74, 6) is 0.263. The first-order chi connectivity index (χ1) is 9.45. The van der Waals surface area contributed by atoms with Gasteiger partial charge in [0.25, 0.3) is 0 Å². The van der Waals surface area contributed by atoms with Gasteiger partial charge in [0.05, 0.1) is 10.6 Å². The van der Waals surface area contributed by atoms with Crippen LogP contribution in [0.2, 0.25) is 5.02 Å². The van der Waals surface area contributed by atoms with Crippen LogP contribution in [0.3, 0.4) is 0 Å². The summed E-state index contributed by atoms with van der Waals surface area (Å²) in [7, 11) is 0. The molecule has 4 nitrogen and oxygen atoms in total. The Morgan fingerprint density at radius 3 is 2.95 bits per heavy atom. The first-order valence-electron chi connectivity index (χ1n) is 7.15. The number of amides is 1. The van der Waals surface area contributed by atoms with Crippen LogP contribution >= 0.6 is 11.6 Å². The summed E-state index contributed by atoms with van der Waals surface area (Å²) in [5.41, 5.74) is 5.92. The highest BCUT2D eigenvalue weighted by molar-refractivity contribution is 6.33. The van der Waals surface area contributed by atoms with Gasteiger partial charge in [0.2, 0.25) is 5.91 Å². The lowest BCUT2D eigenvalue weighted by Crippen LogP contribution is -2.42. The SMILES string of the molecule is CCCC1(C)CCCN(c2ncc(C(N)=O)cc2Cl)C1. The number of primary amides is 1. The monoisotopic (exact) mass is 295 g/mol. The number of hydrogen-bond acceptors (Lipinski definition) is 3. The number of anilines is 1. The Morgan fingerprint density at radius 1 is 1.60 bits per heavy atom. The van der Waals surface area contributed by atoms with Crippen LogP contribution in [0, 0.1) is 5.41 Å². The Kier molecular flexibility index (Phi) is 4.53. The predicted octanol–water partition coefficient (Wildman–Crippen LogP) is 3.24. The van der Waals surface area contributed by atoms with Gasteiger partial charge in [-0.3, -0.25) is 4.79 Å². The quantitative estimate of drug-likeness (QED) is 0.927. The molecule has 1 aliphatic rings. The molecular formula is C15H22ClN3O. The van der Waals surface area contributed by atoms with Crippen LogP contribution in [0.15, 0.2) is 12.3 Å². The van der Waals surface area contributed by atoms with E-state index in [1.54, 1.807) is 6.07 Å². The third kappa shape index (κ3) is 3.23. The molecule has 1 aromatic rings. The van der Waals surface area contributed by atoms with Crippen LogP contribution in [0.25, 0.3) is 0 Å². The molecule has 0 radical (unpaired) electrons. The molecule has 0 bridgehead atoms. The van der Waals surface area contributed by atoms with Crippen molar-refractivity contribution in [2.45, 2.75) is 39.5 Å². The molecule has 5 heteroatoms. The Morgan fingerprint density at radius 2 is 2.35 bits per heavy atom. The molecule has 1 aliphatic heterocycles. The first-order valence-corrected chi connectivity index (χ1v) is 7.53. The van der Waals surface area contributed by atoms with E-state index in [0.29, 0.717) is 16.0 Å². The summed E-state index contributed by atoms with van der Waals surface area (Å²) in [4.78, 5) is 17.7. The number of nitrogens with two attached hydrogens (primary N) is 1. The summed E-state index contributed by atoms with van der Waals surface area (Å²) in [6, 6.07) is 1.61. The van der Waals surface area contributed by atoms with Gasteiger partial charge in [-0.25, -0.2) is 4.98 Å². The molecule has 1 aromatic heterocycles. The van der Waals surface area contributed by atoms with Crippen molar-refractivity contribution in [2.24, 2.45) is 11.1 Å². The van der Waals surface area contributed by atoms with Crippen LogP contribution < -0.4 is 10.6 Å². The number of rotatable bonds is 4. The summed E-state index contributed by atoms with van der Waals surface area (Å²) in [6.07, 6.45) is 6.29. The Hall–Kier alpha value is -1.29. The van der Waals surface area contributed by atoms with Gasteiger partial charge in [-0.05, 0) is 30.7 Å². The van der Waals surface area contributed by atoms with Crippen molar-refractivity contribution in [3.05, 3.63) is 22.8 Å². The Labute approximate surface area is 125 Å². The van der Waals surface area contributed by atoms with Crippen molar-refractivity contribution in [1.29, 1.82) is 0 Å². The number of pyridine rings is 1. The third-order valence-corrected chi connectivity index (χ3v) is 4.32. The molecule has 1 atom stereocenters. The number of carbonyl (C=O) groups is 1. The van der Waals surface area contributed by atoms with Crippen molar-refractivity contribution >= 4 is 23.3 Å². The van der Waals surface area contributed by atoms with Gasteiger partial charge < -0.3 is 10.6 Å². The number of halogens is 1. The first kappa shape index (κ1) is 15.1. The second kappa shape index (κ2) is 6.00. The summed E-state index contributed by atoms with van der Waals surface area (Å²) in [5, 5.41) is 0.502. The van der Waals surface area contributed by atoms with Gasteiger partial charge in [0.1, 0.15) is 5.82 Å². The van der Waals surface area contributed by atoms with E-state index >= 15 is 0 Å². The molecule has 1 unspecified atom stereocenters. The zero-order valence-corrected chi connectivity index (χ0v) is 12.9. The number of piperidine rings is 1. The maximum absolute atomic E-state index is 11.1. The van der Waals surface area contributed by atoms with E-state index in [1.807, 2.05) is 0 Å². The molecule has 0 aromatic carbocycles. The molecule has 2 rings (SSSR count). The summed E-state index contributed by atoms with van der Waals surface area (Å²) < 4.78 is 0. The highest BCUT2D eigenvalue weighted by Gasteiger charge is 2.31. The number of carbonyl (C=O) groups excluding carboxylic acids is 1. The van der Waals surface area contributed by atoms with Crippen molar-refractivity contribution in [2.75, 3.05) is 18.0 Å². The number of hydrogen-bond donors (Lipinski definition) is 1. The largest absolute Gasteiger partial charge is 0.366 e. The van der Waals surface area contributed by atoms with Crippen LogP contribution in [-0.4, -0.2) is 24.0 Å². The minimum Gasteiger partial charge on any atom is -0.366 e. The molecule has 1 amide bonds. The molecule has 2 N–H and O–H groups in total. The molecule has 20 heavy (non-hydrogen) atoms. The zero-order chi connectivity index (χ0) is 14.8. The Balaban J connectivity index is 2.21. The van der Waals surface area contributed by atoms with Gasteiger partial charge in [-0.2, -0.15) is 0 Å². The predicted molar refractivity (Wildman–Crippen MR) is 82.2 cm³/mol. The van der Waals surface area contributed by atoms with E-state index in [4.69, 9.17) is 17.3 Å². The highest BCUT2D eigenvalue weighted by Crippen LogP contribution is 2.37. The van der Waals surface area contributed by atoms with Gasteiger partial charge in [-0.15, -0.1) is 0 Å². The Bertz CT molecular complexity index is 502. The van der Waals surface area contributed by atoms with Gasteiger partial charge in [-0.1, -0.05) is 31.9 Å². The normalized spacial score (nSPS) is 22.9. The van der Waals surface area contributed by atoms with Crippen LogP contribution in [0.4, 0.5) is 5.82 Å². The maximum Gasteiger partial charge on any atom is 0.250 e. The summed E-state index contributed by atoms with van der Waals surface area (Å²) >= 11 is 6.27. The van der Waals surface area contributed by atoms with Crippen LogP contribution in [-0.2, 0) is 0 Å². The highest BCUT2D eigenvalue weighted by atomic mass is 35.5. The molecule has 0 saturated carbocycles. The van der Waals surface area contributed by atoms with Crippen molar-refractivity contribution in [1.82, 2.24) is 4.98 Å². The van der Waals surface area contributed by atoms with E-state index in [-0.39, 0.29) is 0 Å². The molecule has 0 aliphatic carbocycles.